The van der Waals surface area contributed by atoms with E-state index < -0.39 is 0 Å². The minimum Gasteiger partial charge on any atom is -0.248 e. The molecule has 2 aromatic heterocycles. The van der Waals surface area contributed by atoms with Crippen LogP contribution in [0.5, 0.6) is 0 Å². The molecule has 0 saturated carbocycles. The molecule has 76 valence electrons. The maximum atomic E-state index is 4.26. The average molecular weight is 346 g/mol. The van der Waals surface area contributed by atoms with E-state index in [-0.39, 0.29) is 0 Å². The van der Waals surface area contributed by atoms with Gasteiger partial charge in [-0.15, -0.1) is 0 Å². The molecule has 15 heavy (non-hydrogen) atoms. The van der Waals surface area contributed by atoms with Crippen molar-refractivity contribution in [3.05, 3.63) is 45.6 Å². The average Bonchev–Trinajstić information content (AvgIpc) is 2.25. The van der Waals surface area contributed by atoms with E-state index in [2.05, 4.69) is 41.8 Å². The van der Waals surface area contributed by atoms with Crippen molar-refractivity contribution in [2.45, 2.75) is 10.1 Å². The lowest BCUT2D eigenvalue weighted by atomic mass is 10.5. The fourth-order valence-electron chi connectivity index (χ4n) is 0.952. The Morgan fingerprint density at radius 3 is 1.60 bits per heavy atom. The predicted octanol–water partition coefficient (Wildman–Crippen LogP) is 4.15. The third kappa shape index (κ3) is 3.29. The summed E-state index contributed by atoms with van der Waals surface area (Å²) in [5.41, 5.74) is 0. The van der Waals surface area contributed by atoms with E-state index in [4.69, 9.17) is 0 Å². The van der Waals surface area contributed by atoms with Crippen LogP contribution in [0, 0.1) is 0 Å². The van der Waals surface area contributed by atoms with Crippen LogP contribution in [-0.2, 0) is 0 Å². The highest BCUT2D eigenvalue weighted by atomic mass is 79.9. The predicted molar refractivity (Wildman–Crippen MR) is 68.0 cm³/mol. The van der Waals surface area contributed by atoms with Gasteiger partial charge in [-0.25, -0.2) is 9.97 Å². The molecular formula is C10H6Br2N2S. The van der Waals surface area contributed by atoms with Crippen molar-refractivity contribution in [1.29, 1.82) is 0 Å². The Kier molecular flexibility index (Phi) is 3.77. The second-order valence-corrected chi connectivity index (χ2v) is 5.60. The highest BCUT2D eigenvalue weighted by Gasteiger charge is 1.99. The van der Waals surface area contributed by atoms with Gasteiger partial charge in [0.25, 0.3) is 0 Å². The van der Waals surface area contributed by atoms with Crippen LogP contribution in [0.4, 0.5) is 0 Å². The molecule has 0 bridgehead atoms. The van der Waals surface area contributed by atoms with Gasteiger partial charge in [-0.3, -0.25) is 0 Å². The summed E-state index contributed by atoms with van der Waals surface area (Å²) < 4.78 is 1.96. The maximum Gasteiger partial charge on any atom is 0.102 e. The second-order valence-electron chi connectivity index (χ2n) is 2.73. The summed E-state index contributed by atoms with van der Waals surface area (Å²) in [6.07, 6.45) is 3.56. The van der Waals surface area contributed by atoms with Gasteiger partial charge in [-0.2, -0.15) is 0 Å². The Labute approximate surface area is 109 Å². The van der Waals surface area contributed by atoms with Crippen LogP contribution in [0.2, 0.25) is 0 Å². The smallest absolute Gasteiger partial charge is 0.102 e. The van der Waals surface area contributed by atoms with Crippen molar-refractivity contribution < 1.29 is 0 Å². The number of hydrogen-bond donors (Lipinski definition) is 0. The molecule has 0 aliphatic heterocycles. The molecule has 0 atom stereocenters. The molecule has 0 N–H and O–H groups in total. The zero-order valence-corrected chi connectivity index (χ0v) is 11.5. The van der Waals surface area contributed by atoms with Gasteiger partial charge in [0.05, 0.1) is 0 Å². The van der Waals surface area contributed by atoms with E-state index in [0.29, 0.717) is 0 Å². The molecule has 0 aliphatic rings. The lowest BCUT2D eigenvalue weighted by Gasteiger charge is -1.99. The lowest BCUT2D eigenvalue weighted by molar-refractivity contribution is 1.08. The fourth-order valence-corrected chi connectivity index (χ4v) is 2.12. The lowest BCUT2D eigenvalue weighted by Crippen LogP contribution is -1.81. The first-order valence-electron chi connectivity index (χ1n) is 4.15. The van der Waals surface area contributed by atoms with Crippen LogP contribution < -0.4 is 0 Å². The quantitative estimate of drug-likeness (QED) is 0.817. The van der Waals surface area contributed by atoms with E-state index >= 15 is 0 Å². The maximum absolute atomic E-state index is 4.26. The van der Waals surface area contributed by atoms with Gasteiger partial charge in [-0.1, -0.05) is 11.8 Å². The topological polar surface area (TPSA) is 25.8 Å². The Bertz CT molecular complexity index is 398. The molecule has 0 spiro atoms. The number of nitrogens with zero attached hydrogens (tertiary/aromatic N) is 2. The van der Waals surface area contributed by atoms with Crippen LogP contribution in [0.1, 0.15) is 0 Å². The van der Waals surface area contributed by atoms with E-state index in [0.717, 1.165) is 19.0 Å². The van der Waals surface area contributed by atoms with Crippen molar-refractivity contribution >= 4 is 43.6 Å². The van der Waals surface area contributed by atoms with Crippen molar-refractivity contribution in [2.24, 2.45) is 0 Å². The van der Waals surface area contributed by atoms with Crippen LogP contribution >= 0.6 is 43.6 Å². The zero-order valence-electron chi connectivity index (χ0n) is 7.52. The molecule has 0 radical (unpaired) electrons. The molecular weight excluding hydrogens is 340 g/mol. The molecule has 2 nitrogen and oxygen atoms in total. The van der Waals surface area contributed by atoms with Crippen molar-refractivity contribution in [3.63, 3.8) is 0 Å². The van der Waals surface area contributed by atoms with Crippen molar-refractivity contribution in [3.8, 4) is 0 Å². The van der Waals surface area contributed by atoms with Gasteiger partial charge in [0, 0.05) is 21.3 Å². The Hall–Kier alpha value is -0.390. The Morgan fingerprint density at radius 1 is 0.800 bits per heavy atom. The third-order valence-electron chi connectivity index (χ3n) is 1.61. The van der Waals surface area contributed by atoms with Crippen LogP contribution in [0.3, 0.4) is 0 Å². The Balaban J connectivity index is 2.15. The summed E-state index contributed by atoms with van der Waals surface area (Å²) in [5.74, 6) is 0. The summed E-state index contributed by atoms with van der Waals surface area (Å²) in [4.78, 5) is 8.52. The molecule has 0 aromatic carbocycles. The number of rotatable bonds is 2. The van der Waals surface area contributed by atoms with Crippen molar-refractivity contribution in [1.82, 2.24) is 9.97 Å². The first-order valence-corrected chi connectivity index (χ1v) is 6.55. The number of pyridine rings is 2. The summed E-state index contributed by atoms with van der Waals surface area (Å²) in [6, 6.07) is 7.85. The molecule has 2 aromatic rings. The molecule has 0 unspecified atom stereocenters. The second kappa shape index (κ2) is 5.09. The fraction of sp³-hybridized carbons (Fsp3) is 0. The van der Waals surface area contributed by atoms with Gasteiger partial charge < -0.3 is 0 Å². The zero-order chi connectivity index (χ0) is 10.7. The molecule has 0 amide bonds. The van der Waals surface area contributed by atoms with Crippen molar-refractivity contribution in [2.75, 3.05) is 0 Å². The van der Waals surface area contributed by atoms with Gasteiger partial charge in [0.2, 0.25) is 0 Å². The van der Waals surface area contributed by atoms with Crippen LogP contribution in [0.25, 0.3) is 0 Å². The number of halogens is 2. The van der Waals surface area contributed by atoms with Crippen LogP contribution in [-0.4, -0.2) is 9.97 Å². The van der Waals surface area contributed by atoms with Gasteiger partial charge in [0.1, 0.15) is 10.1 Å². The normalized spacial score (nSPS) is 10.3. The molecule has 2 rings (SSSR count). The molecule has 5 heteroatoms. The minimum atomic E-state index is 0.938. The molecule has 2 heterocycles. The van der Waals surface area contributed by atoms with Crippen LogP contribution in [0.15, 0.2) is 55.7 Å². The molecule has 0 aliphatic carbocycles. The van der Waals surface area contributed by atoms with E-state index in [9.17, 15) is 0 Å². The summed E-state index contributed by atoms with van der Waals surface area (Å²) in [5, 5.41) is 1.88. The highest BCUT2D eigenvalue weighted by Crippen LogP contribution is 2.25. The molecule has 0 saturated heterocycles. The number of aromatic nitrogens is 2. The standard InChI is InChI=1S/C10H6Br2N2S/c11-7-1-3-9(13-5-7)15-10-4-2-8(12)6-14-10/h1-6H. The third-order valence-corrected chi connectivity index (χ3v) is 3.45. The summed E-state index contributed by atoms with van der Waals surface area (Å²) in [6.45, 7) is 0. The largest absolute Gasteiger partial charge is 0.248 e. The van der Waals surface area contributed by atoms with Gasteiger partial charge in [0.15, 0.2) is 0 Å². The SMILES string of the molecule is Brc1ccc(Sc2ccc(Br)cn2)nc1. The highest BCUT2D eigenvalue weighted by molar-refractivity contribution is 9.10. The molecule has 0 fully saturated rings. The minimum absolute atomic E-state index is 0.938. The van der Waals surface area contributed by atoms with E-state index in [1.807, 2.05) is 24.3 Å². The monoisotopic (exact) mass is 344 g/mol. The van der Waals surface area contributed by atoms with E-state index in [1.165, 1.54) is 0 Å². The first kappa shape index (κ1) is 11.1. The van der Waals surface area contributed by atoms with Gasteiger partial charge >= 0.3 is 0 Å². The Morgan fingerprint density at radius 2 is 1.27 bits per heavy atom. The summed E-state index contributed by atoms with van der Waals surface area (Å²) in [7, 11) is 0. The summed E-state index contributed by atoms with van der Waals surface area (Å²) >= 11 is 8.23. The van der Waals surface area contributed by atoms with Gasteiger partial charge in [-0.05, 0) is 56.1 Å². The first-order chi connectivity index (χ1) is 7.24. The number of hydrogen-bond acceptors (Lipinski definition) is 3. The van der Waals surface area contributed by atoms with E-state index in [1.54, 1.807) is 24.2 Å².